The van der Waals surface area contributed by atoms with Crippen LogP contribution in [0.2, 0.25) is 5.02 Å². The van der Waals surface area contributed by atoms with Crippen molar-refractivity contribution >= 4 is 23.2 Å². The molecule has 0 aliphatic heterocycles. The Hall–Kier alpha value is -1.85. The number of aromatic nitrogens is 2. The number of halogens is 1. The number of amides is 1. The summed E-state index contributed by atoms with van der Waals surface area (Å²) in [5, 5.41) is 7.60. The Morgan fingerprint density at radius 3 is 2.76 bits per heavy atom. The summed E-state index contributed by atoms with van der Waals surface area (Å²) >= 11 is 6.24. The largest absolute Gasteiger partial charge is 0.330 e. The molecule has 0 bridgehead atoms. The number of rotatable bonds is 5. The summed E-state index contributed by atoms with van der Waals surface area (Å²) in [6.07, 6.45) is 3.44. The van der Waals surface area contributed by atoms with Gasteiger partial charge in [0.1, 0.15) is 5.69 Å². The van der Waals surface area contributed by atoms with E-state index in [0.29, 0.717) is 22.9 Å². The van der Waals surface area contributed by atoms with E-state index in [0.717, 1.165) is 0 Å². The van der Waals surface area contributed by atoms with Crippen LogP contribution >= 0.6 is 11.6 Å². The Morgan fingerprint density at radius 1 is 1.43 bits per heavy atom. The highest BCUT2D eigenvalue weighted by atomic mass is 35.5. The van der Waals surface area contributed by atoms with Gasteiger partial charge in [0.15, 0.2) is 0 Å². The Labute approximate surface area is 129 Å². The number of nitrogens with one attached hydrogen (secondary N) is 1. The van der Waals surface area contributed by atoms with Gasteiger partial charge in [0.25, 0.3) is 0 Å². The van der Waals surface area contributed by atoms with Gasteiger partial charge in [0.2, 0.25) is 5.91 Å². The highest BCUT2D eigenvalue weighted by Crippen LogP contribution is 2.28. The first-order valence-electron chi connectivity index (χ1n) is 6.84. The predicted octanol–water partition coefficient (Wildman–Crippen LogP) is 2.70. The average molecular weight is 307 g/mol. The van der Waals surface area contributed by atoms with Crippen LogP contribution in [-0.2, 0) is 4.79 Å². The fraction of sp³-hybridized carbons (Fsp3) is 0.333. The molecule has 2 aromatic rings. The van der Waals surface area contributed by atoms with Crippen molar-refractivity contribution in [3.05, 3.63) is 41.7 Å². The SMILES string of the molecule is CC(C)C(CN)C(=O)Nc1cccc(Cl)c1-n1cccn1. The molecule has 0 radical (unpaired) electrons. The smallest absolute Gasteiger partial charge is 0.229 e. The van der Waals surface area contributed by atoms with Gasteiger partial charge in [-0.15, -0.1) is 0 Å². The predicted molar refractivity (Wildman–Crippen MR) is 84.6 cm³/mol. The summed E-state index contributed by atoms with van der Waals surface area (Å²) in [6, 6.07) is 7.15. The van der Waals surface area contributed by atoms with Crippen molar-refractivity contribution < 1.29 is 4.79 Å². The standard InChI is InChI=1S/C15H19ClN4O/c1-10(2)11(9-17)15(21)19-13-6-3-5-12(16)14(13)20-8-4-7-18-20/h3-8,10-11H,9,17H2,1-2H3,(H,19,21). The van der Waals surface area contributed by atoms with Gasteiger partial charge in [-0.3, -0.25) is 4.79 Å². The van der Waals surface area contributed by atoms with Crippen molar-refractivity contribution in [2.75, 3.05) is 11.9 Å². The highest BCUT2D eigenvalue weighted by molar-refractivity contribution is 6.33. The number of hydrogen-bond donors (Lipinski definition) is 2. The van der Waals surface area contributed by atoms with Gasteiger partial charge in [-0.05, 0) is 24.1 Å². The second-order valence-electron chi connectivity index (χ2n) is 5.16. The summed E-state index contributed by atoms with van der Waals surface area (Å²) in [4.78, 5) is 12.4. The van der Waals surface area contributed by atoms with Gasteiger partial charge in [-0.1, -0.05) is 31.5 Å². The zero-order valence-corrected chi connectivity index (χ0v) is 12.8. The van der Waals surface area contributed by atoms with E-state index in [1.807, 2.05) is 13.8 Å². The molecule has 2 rings (SSSR count). The number of carbonyl (C=O) groups excluding carboxylic acids is 1. The fourth-order valence-corrected chi connectivity index (χ4v) is 2.42. The minimum absolute atomic E-state index is 0.108. The van der Waals surface area contributed by atoms with Gasteiger partial charge in [-0.2, -0.15) is 5.10 Å². The van der Waals surface area contributed by atoms with Crippen molar-refractivity contribution in [2.45, 2.75) is 13.8 Å². The van der Waals surface area contributed by atoms with E-state index in [2.05, 4.69) is 10.4 Å². The fourth-order valence-electron chi connectivity index (χ4n) is 2.16. The molecule has 0 saturated carbocycles. The first-order chi connectivity index (χ1) is 10.0. The number of para-hydroxylation sites is 1. The van der Waals surface area contributed by atoms with E-state index in [4.69, 9.17) is 17.3 Å². The van der Waals surface area contributed by atoms with Gasteiger partial charge >= 0.3 is 0 Å². The lowest BCUT2D eigenvalue weighted by Gasteiger charge is -2.20. The van der Waals surface area contributed by atoms with Gasteiger partial charge in [0, 0.05) is 18.9 Å². The van der Waals surface area contributed by atoms with E-state index in [1.165, 1.54) is 0 Å². The number of benzene rings is 1. The van der Waals surface area contributed by atoms with Crippen molar-refractivity contribution in [3.8, 4) is 5.69 Å². The van der Waals surface area contributed by atoms with E-state index in [1.54, 1.807) is 41.3 Å². The Kier molecular flexibility index (Phi) is 4.98. The molecular formula is C15H19ClN4O. The minimum Gasteiger partial charge on any atom is -0.330 e. The monoisotopic (exact) mass is 306 g/mol. The number of hydrogen-bond acceptors (Lipinski definition) is 3. The molecule has 0 saturated heterocycles. The summed E-state index contributed by atoms with van der Waals surface area (Å²) in [6.45, 7) is 4.26. The first kappa shape index (κ1) is 15.5. The maximum atomic E-state index is 12.4. The van der Waals surface area contributed by atoms with Crippen LogP contribution in [0.3, 0.4) is 0 Å². The lowest BCUT2D eigenvalue weighted by atomic mass is 9.95. The van der Waals surface area contributed by atoms with Crippen LogP contribution in [0, 0.1) is 11.8 Å². The van der Waals surface area contributed by atoms with E-state index in [9.17, 15) is 4.79 Å². The van der Waals surface area contributed by atoms with Crippen LogP contribution in [-0.4, -0.2) is 22.2 Å². The molecule has 5 nitrogen and oxygen atoms in total. The molecule has 112 valence electrons. The van der Waals surface area contributed by atoms with Crippen molar-refractivity contribution in [1.29, 1.82) is 0 Å². The summed E-state index contributed by atoms with van der Waals surface area (Å²) < 4.78 is 1.63. The van der Waals surface area contributed by atoms with Gasteiger partial charge in [0.05, 0.1) is 16.6 Å². The molecule has 0 fully saturated rings. The lowest BCUT2D eigenvalue weighted by Crippen LogP contribution is -2.33. The number of anilines is 1. The molecule has 1 unspecified atom stereocenters. The van der Waals surface area contributed by atoms with Crippen LogP contribution in [0.1, 0.15) is 13.8 Å². The quantitative estimate of drug-likeness (QED) is 0.892. The van der Waals surface area contributed by atoms with Crippen molar-refractivity contribution in [2.24, 2.45) is 17.6 Å². The van der Waals surface area contributed by atoms with Crippen LogP contribution in [0.25, 0.3) is 5.69 Å². The third-order valence-electron chi connectivity index (χ3n) is 3.37. The topological polar surface area (TPSA) is 72.9 Å². The van der Waals surface area contributed by atoms with E-state index >= 15 is 0 Å². The zero-order valence-electron chi connectivity index (χ0n) is 12.1. The van der Waals surface area contributed by atoms with Crippen LogP contribution in [0.5, 0.6) is 0 Å². The zero-order chi connectivity index (χ0) is 15.4. The van der Waals surface area contributed by atoms with E-state index in [-0.39, 0.29) is 17.7 Å². The first-order valence-corrected chi connectivity index (χ1v) is 7.21. The van der Waals surface area contributed by atoms with Crippen molar-refractivity contribution in [1.82, 2.24) is 9.78 Å². The minimum atomic E-state index is -0.241. The second kappa shape index (κ2) is 6.74. The number of carbonyl (C=O) groups is 1. The molecule has 3 N–H and O–H groups in total. The molecule has 1 amide bonds. The van der Waals surface area contributed by atoms with E-state index < -0.39 is 0 Å². The Bertz CT molecular complexity index is 610. The van der Waals surface area contributed by atoms with Gasteiger partial charge in [-0.25, -0.2) is 4.68 Å². The third-order valence-corrected chi connectivity index (χ3v) is 3.68. The van der Waals surface area contributed by atoms with Crippen LogP contribution in [0.15, 0.2) is 36.7 Å². The molecule has 6 heteroatoms. The Balaban J connectivity index is 2.33. The molecule has 0 aliphatic rings. The van der Waals surface area contributed by atoms with Crippen LogP contribution in [0.4, 0.5) is 5.69 Å². The normalized spacial score (nSPS) is 12.4. The third kappa shape index (κ3) is 3.43. The average Bonchev–Trinajstić information content (AvgIpc) is 2.92. The molecule has 0 aliphatic carbocycles. The molecule has 21 heavy (non-hydrogen) atoms. The molecule has 1 heterocycles. The maximum Gasteiger partial charge on any atom is 0.229 e. The summed E-state index contributed by atoms with van der Waals surface area (Å²) in [5.74, 6) is -0.181. The van der Waals surface area contributed by atoms with Crippen LogP contribution < -0.4 is 11.1 Å². The molecular weight excluding hydrogens is 288 g/mol. The molecule has 1 atom stereocenters. The summed E-state index contributed by atoms with van der Waals surface area (Å²) in [7, 11) is 0. The molecule has 0 spiro atoms. The molecule has 1 aromatic heterocycles. The number of nitrogens with two attached hydrogens (primary N) is 1. The van der Waals surface area contributed by atoms with Gasteiger partial charge < -0.3 is 11.1 Å². The molecule has 1 aromatic carbocycles. The second-order valence-corrected chi connectivity index (χ2v) is 5.57. The maximum absolute atomic E-state index is 12.4. The highest BCUT2D eigenvalue weighted by Gasteiger charge is 2.22. The summed E-state index contributed by atoms with van der Waals surface area (Å²) in [5.41, 5.74) is 6.96. The Morgan fingerprint density at radius 2 is 2.19 bits per heavy atom. The number of nitrogens with zero attached hydrogens (tertiary/aromatic N) is 2. The van der Waals surface area contributed by atoms with Crippen molar-refractivity contribution in [3.63, 3.8) is 0 Å². The lowest BCUT2D eigenvalue weighted by molar-refractivity contribution is -0.120.